The molecule has 0 radical (unpaired) electrons. The number of amides is 3. The van der Waals surface area contributed by atoms with Crippen molar-refractivity contribution < 1.29 is 24.6 Å². The molecule has 0 spiro atoms. The van der Waals surface area contributed by atoms with E-state index in [1.165, 1.54) is 0 Å². The highest BCUT2D eigenvalue weighted by molar-refractivity contribution is 6.42. The molecular weight excluding hydrogens is 411 g/mol. The summed E-state index contributed by atoms with van der Waals surface area (Å²) in [5.74, 6) is -0.373. The zero-order chi connectivity index (χ0) is 20.4. The zero-order valence-corrected chi connectivity index (χ0v) is 16.4. The third-order valence-electron chi connectivity index (χ3n) is 5.04. The number of rotatable bonds is 2. The number of anilines is 1. The van der Waals surface area contributed by atoms with Gasteiger partial charge in [-0.15, -0.1) is 0 Å². The molecule has 2 fully saturated rings. The smallest absolute Gasteiger partial charge is 0.408 e. The second-order valence-corrected chi connectivity index (χ2v) is 7.45. The van der Waals surface area contributed by atoms with Crippen LogP contribution in [0.1, 0.15) is 0 Å². The summed E-state index contributed by atoms with van der Waals surface area (Å²) in [5, 5.41) is 19.5. The number of nitrogens with zero attached hydrogens (tertiary/aromatic N) is 4. The monoisotopic (exact) mass is 430 g/mol. The molecule has 1 aromatic rings. The lowest BCUT2D eigenvalue weighted by molar-refractivity contribution is -0.138. The standard InChI is InChI=1S/C17H20Cl2N4O5/c18-12-2-1-11(9-13(12)19)20-3-5-21(6-4-20)15(24)14-10-22(16(25)26)7-8-23(14)17(27)28/h1-2,9,14H,3-8,10H2,(H,25,26)(H,27,28)/t14-/m1/s1. The van der Waals surface area contributed by atoms with Crippen molar-refractivity contribution in [1.82, 2.24) is 14.7 Å². The van der Waals surface area contributed by atoms with Crippen molar-refractivity contribution in [3.63, 3.8) is 0 Å². The molecule has 3 rings (SSSR count). The number of piperazine rings is 2. The SMILES string of the molecule is O=C(O)N1CCN(C(=O)O)[C@@H](C(=O)N2CCN(c3ccc(Cl)c(Cl)c3)CC2)C1. The fourth-order valence-electron chi connectivity index (χ4n) is 3.47. The third kappa shape index (κ3) is 4.20. The quantitative estimate of drug-likeness (QED) is 0.742. The van der Waals surface area contributed by atoms with E-state index >= 15 is 0 Å². The number of hydrogen-bond acceptors (Lipinski definition) is 4. The van der Waals surface area contributed by atoms with Crippen LogP contribution in [0.15, 0.2) is 18.2 Å². The minimum Gasteiger partial charge on any atom is -0.465 e. The van der Waals surface area contributed by atoms with Crippen LogP contribution < -0.4 is 4.90 Å². The fourth-order valence-corrected chi connectivity index (χ4v) is 3.77. The van der Waals surface area contributed by atoms with Crippen LogP contribution in [0.25, 0.3) is 0 Å². The summed E-state index contributed by atoms with van der Waals surface area (Å²) in [6.45, 7) is 1.76. The summed E-state index contributed by atoms with van der Waals surface area (Å²) in [6, 6.07) is 4.30. The second-order valence-electron chi connectivity index (χ2n) is 6.63. The Morgan fingerprint density at radius 2 is 1.50 bits per heavy atom. The lowest BCUT2D eigenvalue weighted by Gasteiger charge is -2.42. The van der Waals surface area contributed by atoms with Crippen LogP contribution in [0.2, 0.25) is 10.0 Å². The number of carbonyl (C=O) groups is 3. The minimum absolute atomic E-state index is 0.0265. The molecule has 152 valence electrons. The van der Waals surface area contributed by atoms with Crippen molar-refractivity contribution in [3.05, 3.63) is 28.2 Å². The molecule has 0 unspecified atom stereocenters. The molecule has 9 nitrogen and oxygen atoms in total. The van der Waals surface area contributed by atoms with Gasteiger partial charge in [0.05, 0.1) is 16.6 Å². The average Bonchev–Trinajstić information content (AvgIpc) is 2.69. The lowest BCUT2D eigenvalue weighted by atomic mass is 10.1. The van der Waals surface area contributed by atoms with Crippen molar-refractivity contribution in [3.8, 4) is 0 Å². The van der Waals surface area contributed by atoms with E-state index < -0.39 is 18.2 Å². The third-order valence-corrected chi connectivity index (χ3v) is 5.78. The summed E-state index contributed by atoms with van der Waals surface area (Å²) in [7, 11) is 0. The van der Waals surface area contributed by atoms with E-state index in [0.29, 0.717) is 36.2 Å². The predicted molar refractivity (Wildman–Crippen MR) is 103 cm³/mol. The van der Waals surface area contributed by atoms with Gasteiger partial charge in [0.25, 0.3) is 0 Å². The Balaban J connectivity index is 1.66. The molecule has 2 heterocycles. The van der Waals surface area contributed by atoms with Crippen LogP contribution in [0.4, 0.5) is 15.3 Å². The van der Waals surface area contributed by atoms with E-state index in [1.54, 1.807) is 17.0 Å². The topological polar surface area (TPSA) is 105 Å². The van der Waals surface area contributed by atoms with Crippen LogP contribution in [-0.4, -0.2) is 94.9 Å². The van der Waals surface area contributed by atoms with Gasteiger partial charge in [-0.1, -0.05) is 23.2 Å². The normalized spacial score (nSPS) is 20.3. The number of halogens is 2. The Morgan fingerprint density at radius 1 is 0.857 bits per heavy atom. The van der Waals surface area contributed by atoms with Crippen molar-refractivity contribution in [2.45, 2.75) is 6.04 Å². The molecule has 0 aliphatic carbocycles. The first kappa shape index (κ1) is 20.3. The maximum absolute atomic E-state index is 12.9. The number of carbonyl (C=O) groups excluding carboxylic acids is 1. The molecule has 2 N–H and O–H groups in total. The van der Waals surface area contributed by atoms with E-state index in [2.05, 4.69) is 4.90 Å². The van der Waals surface area contributed by atoms with Crippen LogP contribution in [0, 0.1) is 0 Å². The Bertz CT molecular complexity index is 785. The van der Waals surface area contributed by atoms with Gasteiger partial charge in [0, 0.05) is 45.0 Å². The lowest BCUT2D eigenvalue weighted by Crippen LogP contribution is -2.63. The molecule has 2 aliphatic heterocycles. The van der Waals surface area contributed by atoms with Crippen molar-refractivity contribution in [1.29, 1.82) is 0 Å². The van der Waals surface area contributed by atoms with Gasteiger partial charge >= 0.3 is 12.2 Å². The zero-order valence-electron chi connectivity index (χ0n) is 14.9. The average molecular weight is 431 g/mol. The first-order chi connectivity index (χ1) is 13.3. The molecule has 2 saturated heterocycles. The van der Waals surface area contributed by atoms with Gasteiger partial charge in [-0.05, 0) is 18.2 Å². The molecule has 11 heteroatoms. The maximum atomic E-state index is 12.9. The molecule has 28 heavy (non-hydrogen) atoms. The van der Waals surface area contributed by atoms with Gasteiger partial charge in [-0.25, -0.2) is 9.59 Å². The van der Waals surface area contributed by atoms with E-state index in [-0.39, 0.29) is 25.5 Å². The first-order valence-corrected chi connectivity index (χ1v) is 9.49. The Hall–Kier alpha value is -2.39. The van der Waals surface area contributed by atoms with Gasteiger partial charge < -0.3 is 24.9 Å². The Morgan fingerprint density at radius 3 is 2.07 bits per heavy atom. The molecule has 2 aliphatic rings. The van der Waals surface area contributed by atoms with E-state index in [1.807, 2.05) is 6.07 Å². The van der Waals surface area contributed by atoms with Gasteiger partial charge in [-0.3, -0.25) is 9.69 Å². The number of hydrogen-bond donors (Lipinski definition) is 2. The number of benzene rings is 1. The molecule has 3 amide bonds. The van der Waals surface area contributed by atoms with Gasteiger partial charge in [0.15, 0.2) is 0 Å². The molecular formula is C17H20Cl2N4O5. The van der Waals surface area contributed by atoms with Gasteiger partial charge in [0.2, 0.25) is 5.91 Å². The van der Waals surface area contributed by atoms with Gasteiger partial charge in [-0.2, -0.15) is 0 Å². The van der Waals surface area contributed by atoms with E-state index in [0.717, 1.165) is 15.5 Å². The van der Waals surface area contributed by atoms with Crippen LogP contribution in [0.3, 0.4) is 0 Å². The fraction of sp³-hybridized carbons (Fsp3) is 0.471. The van der Waals surface area contributed by atoms with Crippen molar-refractivity contribution in [2.24, 2.45) is 0 Å². The molecule has 1 aromatic carbocycles. The summed E-state index contributed by atoms with van der Waals surface area (Å²) in [6.07, 6.45) is -2.38. The summed E-state index contributed by atoms with van der Waals surface area (Å²) < 4.78 is 0. The highest BCUT2D eigenvalue weighted by Crippen LogP contribution is 2.28. The Kier molecular flexibility index (Phi) is 6.04. The van der Waals surface area contributed by atoms with Crippen molar-refractivity contribution >= 4 is 47.0 Å². The highest BCUT2D eigenvalue weighted by Gasteiger charge is 2.39. The highest BCUT2D eigenvalue weighted by atomic mass is 35.5. The molecule has 0 aromatic heterocycles. The first-order valence-electron chi connectivity index (χ1n) is 8.74. The summed E-state index contributed by atoms with van der Waals surface area (Å²) >= 11 is 12.0. The summed E-state index contributed by atoms with van der Waals surface area (Å²) in [5.41, 5.74) is 0.892. The van der Waals surface area contributed by atoms with Crippen LogP contribution >= 0.6 is 23.2 Å². The van der Waals surface area contributed by atoms with Crippen LogP contribution in [0.5, 0.6) is 0 Å². The maximum Gasteiger partial charge on any atom is 0.408 e. The van der Waals surface area contributed by atoms with E-state index in [4.69, 9.17) is 23.2 Å². The molecule has 0 saturated carbocycles. The molecule has 0 bridgehead atoms. The predicted octanol–water partition coefficient (Wildman–Crippen LogP) is 1.98. The molecule has 1 atom stereocenters. The minimum atomic E-state index is -1.22. The largest absolute Gasteiger partial charge is 0.465 e. The number of carboxylic acid groups (broad SMARTS) is 2. The summed E-state index contributed by atoms with van der Waals surface area (Å²) in [4.78, 5) is 41.4. The second kappa shape index (κ2) is 8.32. The van der Waals surface area contributed by atoms with E-state index in [9.17, 15) is 24.6 Å². The van der Waals surface area contributed by atoms with Gasteiger partial charge in [0.1, 0.15) is 6.04 Å². The van der Waals surface area contributed by atoms with Crippen molar-refractivity contribution in [2.75, 3.05) is 50.7 Å². The Labute approximate surface area is 171 Å². The van der Waals surface area contributed by atoms with Crippen LogP contribution in [-0.2, 0) is 4.79 Å².